The molecule has 26 heavy (non-hydrogen) atoms. The first-order valence-corrected chi connectivity index (χ1v) is 8.03. The Labute approximate surface area is 150 Å². The van der Waals surface area contributed by atoms with Gasteiger partial charge >= 0.3 is 5.97 Å². The van der Waals surface area contributed by atoms with Gasteiger partial charge in [0.05, 0.1) is 12.7 Å². The number of carboxylic acid groups (broad SMARTS) is 1. The molecule has 134 valence electrons. The summed E-state index contributed by atoms with van der Waals surface area (Å²) >= 11 is 0. The molecule has 0 aliphatic heterocycles. The largest absolute Gasteiger partial charge is 0.479 e. The summed E-state index contributed by atoms with van der Waals surface area (Å²) in [5.74, 6) is -0.760. The Hall–Kier alpha value is -3.26. The van der Waals surface area contributed by atoms with Crippen molar-refractivity contribution in [3.63, 3.8) is 0 Å². The third kappa shape index (κ3) is 4.22. The van der Waals surface area contributed by atoms with Gasteiger partial charge in [-0.05, 0) is 43.2 Å². The highest BCUT2D eigenvalue weighted by Gasteiger charge is 2.14. The Morgan fingerprint density at radius 3 is 2.81 bits per heavy atom. The lowest BCUT2D eigenvalue weighted by Gasteiger charge is -2.09. The number of hydrogen-bond acceptors (Lipinski definition) is 6. The minimum Gasteiger partial charge on any atom is -0.479 e. The number of benzene rings is 1. The van der Waals surface area contributed by atoms with Crippen LogP contribution in [0.1, 0.15) is 11.3 Å². The minimum absolute atomic E-state index is 0.108. The highest BCUT2D eigenvalue weighted by molar-refractivity contribution is 5.72. The molecule has 8 heteroatoms. The van der Waals surface area contributed by atoms with E-state index >= 15 is 0 Å². The predicted octanol–water partition coefficient (Wildman–Crippen LogP) is 2.15. The van der Waals surface area contributed by atoms with Crippen LogP contribution in [0.5, 0.6) is 0 Å². The summed E-state index contributed by atoms with van der Waals surface area (Å²) in [6, 6.07) is 7.74. The quantitative estimate of drug-likeness (QED) is 0.622. The molecule has 3 rings (SSSR count). The van der Waals surface area contributed by atoms with E-state index in [-0.39, 0.29) is 6.54 Å². The molecule has 3 N–H and O–H groups in total. The number of aliphatic hydroxyl groups excluding tert-OH is 1. The summed E-state index contributed by atoms with van der Waals surface area (Å²) < 4.78 is 1.41. The van der Waals surface area contributed by atoms with Crippen molar-refractivity contribution < 1.29 is 15.0 Å². The fourth-order valence-electron chi connectivity index (χ4n) is 2.53. The fraction of sp³-hybridized carbons (Fsp3) is 0.222. The number of aryl methyl sites for hydroxylation is 2. The van der Waals surface area contributed by atoms with Crippen LogP contribution in [0.3, 0.4) is 0 Å². The van der Waals surface area contributed by atoms with E-state index < -0.39 is 12.1 Å². The van der Waals surface area contributed by atoms with Crippen LogP contribution in [0.15, 0.2) is 42.9 Å². The van der Waals surface area contributed by atoms with E-state index in [2.05, 4.69) is 20.4 Å². The molecule has 0 aliphatic rings. The Kier molecular flexibility index (Phi) is 4.94. The first kappa shape index (κ1) is 17.6. The molecule has 3 aromatic rings. The van der Waals surface area contributed by atoms with E-state index in [0.717, 1.165) is 28.1 Å². The molecule has 1 atom stereocenters. The Morgan fingerprint density at radius 1 is 1.27 bits per heavy atom. The zero-order valence-corrected chi connectivity index (χ0v) is 14.4. The van der Waals surface area contributed by atoms with Gasteiger partial charge in [-0.3, -0.25) is 4.68 Å². The van der Waals surface area contributed by atoms with Crippen molar-refractivity contribution in [2.24, 2.45) is 0 Å². The molecule has 0 aliphatic carbocycles. The molecule has 1 aromatic carbocycles. The van der Waals surface area contributed by atoms with Crippen LogP contribution in [-0.2, 0) is 11.3 Å². The van der Waals surface area contributed by atoms with Gasteiger partial charge in [0.15, 0.2) is 6.10 Å². The standard InChI is InChI=1S/C18H19N5O3/c1-11-5-13(14-8-20-23(9-14)10-16(24)17(25)26)7-15(6-11)22-18-19-4-3-12(2)21-18/h3-9,16,24H,10H2,1-2H3,(H,25,26)(H,19,21,22)/t16-/m0/s1. The number of aliphatic carboxylic acids is 1. The first-order valence-electron chi connectivity index (χ1n) is 8.03. The van der Waals surface area contributed by atoms with Gasteiger partial charge in [0.1, 0.15) is 0 Å². The number of hydrogen-bond donors (Lipinski definition) is 3. The van der Waals surface area contributed by atoms with E-state index in [1.165, 1.54) is 4.68 Å². The van der Waals surface area contributed by atoms with E-state index in [9.17, 15) is 9.90 Å². The van der Waals surface area contributed by atoms with Gasteiger partial charge in [0, 0.05) is 29.3 Å². The number of rotatable bonds is 6. The normalized spacial score (nSPS) is 12.0. The van der Waals surface area contributed by atoms with Crippen LogP contribution in [-0.4, -0.2) is 42.0 Å². The van der Waals surface area contributed by atoms with Gasteiger partial charge in [-0.1, -0.05) is 6.07 Å². The molecule has 8 nitrogen and oxygen atoms in total. The molecule has 0 saturated carbocycles. The highest BCUT2D eigenvalue weighted by atomic mass is 16.4. The third-order valence-corrected chi connectivity index (χ3v) is 3.74. The maximum atomic E-state index is 10.8. The van der Waals surface area contributed by atoms with E-state index in [0.29, 0.717) is 5.95 Å². The molecular formula is C18H19N5O3. The number of nitrogens with one attached hydrogen (secondary N) is 1. The molecule has 0 radical (unpaired) electrons. The SMILES string of the molecule is Cc1cc(Nc2nccc(C)n2)cc(-c2cnn(C[C@H](O)C(=O)O)c2)c1. The van der Waals surface area contributed by atoms with Crippen LogP contribution in [0.2, 0.25) is 0 Å². The topological polar surface area (TPSA) is 113 Å². The Balaban J connectivity index is 1.83. The van der Waals surface area contributed by atoms with Crippen molar-refractivity contribution in [3.05, 3.63) is 54.1 Å². The second kappa shape index (κ2) is 7.32. The number of carbonyl (C=O) groups is 1. The summed E-state index contributed by atoms with van der Waals surface area (Å²) in [6.45, 7) is 3.77. The number of nitrogens with zero attached hydrogens (tertiary/aromatic N) is 4. The molecule has 0 fully saturated rings. The maximum Gasteiger partial charge on any atom is 0.334 e. The van der Waals surface area contributed by atoms with Crippen molar-refractivity contribution in [1.82, 2.24) is 19.7 Å². The van der Waals surface area contributed by atoms with Crippen LogP contribution in [0.25, 0.3) is 11.1 Å². The second-order valence-electron chi connectivity index (χ2n) is 6.04. The number of aliphatic hydroxyl groups is 1. The third-order valence-electron chi connectivity index (χ3n) is 3.74. The van der Waals surface area contributed by atoms with Crippen molar-refractivity contribution in [2.75, 3.05) is 5.32 Å². The van der Waals surface area contributed by atoms with Crippen molar-refractivity contribution in [1.29, 1.82) is 0 Å². The van der Waals surface area contributed by atoms with Crippen LogP contribution in [0, 0.1) is 13.8 Å². The highest BCUT2D eigenvalue weighted by Crippen LogP contribution is 2.25. The lowest BCUT2D eigenvalue weighted by molar-refractivity contribution is -0.147. The maximum absolute atomic E-state index is 10.8. The lowest BCUT2D eigenvalue weighted by Crippen LogP contribution is -2.25. The van der Waals surface area contributed by atoms with E-state index in [4.69, 9.17) is 5.11 Å². The van der Waals surface area contributed by atoms with Crippen LogP contribution in [0.4, 0.5) is 11.6 Å². The minimum atomic E-state index is -1.49. The lowest BCUT2D eigenvalue weighted by atomic mass is 10.1. The van der Waals surface area contributed by atoms with Gasteiger partial charge in [-0.25, -0.2) is 14.8 Å². The van der Waals surface area contributed by atoms with Crippen LogP contribution >= 0.6 is 0 Å². The molecule has 0 unspecified atom stereocenters. The van der Waals surface area contributed by atoms with Crippen molar-refractivity contribution >= 4 is 17.6 Å². The zero-order valence-electron chi connectivity index (χ0n) is 14.4. The monoisotopic (exact) mass is 353 g/mol. The van der Waals surface area contributed by atoms with Crippen LogP contribution < -0.4 is 5.32 Å². The molecule has 2 aromatic heterocycles. The summed E-state index contributed by atoms with van der Waals surface area (Å²) in [5, 5.41) is 25.5. The van der Waals surface area contributed by atoms with E-state index in [1.807, 2.05) is 38.1 Å². The average molecular weight is 353 g/mol. The molecule has 2 heterocycles. The Morgan fingerprint density at radius 2 is 2.08 bits per heavy atom. The van der Waals surface area contributed by atoms with Gasteiger partial charge in [-0.15, -0.1) is 0 Å². The van der Waals surface area contributed by atoms with Gasteiger partial charge in [-0.2, -0.15) is 5.10 Å². The second-order valence-corrected chi connectivity index (χ2v) is 6.04. The van der Waals surface area contributed by atoms with Crippen molar-refractivity contribution in [2.45, 2.75) is 26.5 Å². The average Bonchev–Trinajstić information content (AvgIpc) is 3.02. The predicted molar refractivity (Wildman–Crippen MR) is 96.1 cm³/mol. The summed E-state index contributed by atoms with van der Waals surface area (Å²) in [6.07, 6.45) is 3.54. The molecular weight excluding hydrogens is 334 g/mol. The number of carboxylic acids is 1. The molecule has 0 bridgehead atoms. The molecule has 0 saturated heterocycles. The summed E-state index contributed by atoms with van der Waals surface area (Å²) in [5.41, 5.74) is 4.48. The summed E-state index contributed by atoms with van der Waals surface area (Å²) in [4.78, 5) is 19.3. The van der Waals surface area contributed by atoms with Gasteiger partial charge in [0.25, 0.3) is 0 Å². The number of aromatic nitrogens is 4. The number of anilines is 2. The first-order chi connectivity index (χ1) is 12.4. The molecule has 0 spiro atoms. The smallest absolute Gasteiger partial charge is 0.334 e. The van der Waals surface area contributed by atoms with Crippen molar-refractivity contribution in [3.8, 4) is 11.1 Å². The van der Waals surface area contributed by atoms with E-state index in [1.54, 1.807) is 18.6 Å². The summed E-state index contributed by atoms with van der Waals surface area (Å²) in [7, 11) is 0. The molecule has 0 amide bonds. The van der Waals surface area contributed by atoms with Gasteiger partial charge < -0.3 is 15.5 Å². The van der Waals surface area contributed by atoms with Gasteiger partial charge in [0.2, 0.25) is 5.95 Å². The Bertz CT molecular complexity index is 938. The zero-order chi connectivity index (χ0) is 18.7. The fourth-order valence-corrected chi connectivity index (χ4v) is 2.53.